The molecule has 0 aliphatic carbocycles. The average molecular weight is 287 g/mol. The van der Waals surface area contributed by atoms with Gasteiger partial charge in [0.05, 0.1) is 17.8 Å². The molecule has 0 atom stereocenters. The number of carbonyl (C=O) groups excluding carboxylic acids is 3. The second-order valence-corrected chi connectivity index (χ2v) is 4.68. The summed E-state index contributed by atoms with van der Waals surface area (Å²) in [4.78, 5) is 40.4. The third-order valence-corrected chi connectivity index (χ3v) is 3.20. The van der Waals surface area contributed by atoms with E-state index >= 15 is 0 Å². The number of amides is 2. The molecular formula is C15H17N3O3. The van der Waals surface area contributed by atoms with E-state index < -0.39 is 5.91 Å². The second-order valence-electron chi connectivity index (χ2n) is 4.68. The van der Waals surface area contributed by atoms with Gasteiger partial charge in [-0.1, -0.05) is 6.07 Å². The molecule has 110 valence electrons. The van der Waals surface area contributed by atoms with Crippen molar-refractivity contribution in [3.8, 4) is 0 Å². The number of pyridine rings is 1. The zero-order valence-corrected chi connectivity index (χ0v) is 11.6. The lowest BCUT2D eigenvalue weighted by molar-refractivity contribution is -0.124. The van der Waals surface area contributed by atoms with E-state index in [1.165, 1.54) is 6.08 Å². The summed E-state index contributed by atoms with van der Waals surface area (Å²) in [5.41, 5.74) is 0.705. The number of carbonyl (C=O) groups is 3. The minimum Gasteiger partial charge on any atom is -0.346 e. The highest BCUT2D eigenvalue weighted by molar-refractivity contribution is 6.23. The number of aromatic nitrogens is 1. The molecule has 0 aromatic carbocycles. The molecule has 0 radical (unpaired) electrons. The topological polar surface area (TPSA) is 79.4 Å². The minimum absolute atomic E-state index is 0.0806. The molecule has 1 aliphatic heterocycles. The lowest BCUT2D eigenvalue weighted by atomic mass is 10.1. The SMILES string of the molecule is O=CCNC(=O)C=C(C(=O)N1CCCC1)c1ccccn1. The van der Waals surface area contributed by atoms with E-state index in [0.717, 1.165) is 12.8 Å². The molecule has 6 heteroatoms. The van der Waals surface area contributed by atoms with Crippen LogP contribution in [-0.2, 0) is 14.4 Å². The quantitative estimate of drug-likeness (QED) is 0.628. The van der Waals surface area contributed by atoms with Crippen molar-refractivity contribution < 1.29 is 14.4 Å². The smallest absolute Gasteiger partial charge is 0.256 e. The molecule has 6 nitrogen and oxygen atoms in total. The number of aldehydes is 1. The number of likely N-dealkylation sites (tertiary alicyclic amines) is 1. The van der Waals surface area contributed by atoms with Gasteiger partial charge >= 0.3 is 0 Å². The van der Waals surface area contributed by atoms with Crippen molar-refractivity contribution >= 4 is 23.7 Å². The summed E-state index contributed by atoms with van der Waals surface area (Å²) in [6, 6.07) is 5.19. The van der Waals surface area contributed by atoms with E-state index in [9.17, 15) is 14.4 Å². The molecule has 0 bridgehead atoms. The monoisotopic (exact) mass is 287 g/mol. The van der Waals surface area contributed by atoms with Crippen molar-refractivity contribution in [1.82, 2.24) is 15.2 Å². The Balaban J connectivity index is 2.25. The Morgan fingerprint density at radius 2 is 2.05 bits per heavy atom. The molecular weight excluding hydrogens is 270 g/mol. The standard InChI is InChI=1S/C15H17N3O3/c19-10-7-17-14(20)11-12(13-5-1-2-6-16-13)15(21)18-8-3-4-9-18/h1-2,5-6,10-11H,3-4,7-9H2,(H,17,20). The molecule has 0 unspecified atom stereocenters. The van der Waals surface area contributed by atoms with E-state index in [1.807, 2.05) is 0 Å². The van der Waals surface area contributed by atoms with E-state index in [-0.39, 0.29) is 18.0 Å². The maximum absolute atomic E-state index is 12.5. The van der Waals surface area contributed by atoms with Crippen molar-refractivity contribution in [2.45, 2.75) is 12.8 Å². The molecule has 2 rings (SSSR count). The Morgan fingerprint density at radius 1 is 1.29 bits per heavy atom. The molecule has 0 saturated carbocycles. The van der Waals surface area contributed by atoms with Crippen molar-refractivity contribution in [3.63, 3.8) is 0 Å². The van der Waals surface area contributed by atoms with Crippen LogP contribution in [0.3, 0.4) is 0 Å². The normalized spacial score (nSPS) is 14.9. The fraction of sp³-hybridized carbons (Fsp3) is 0.333. The zero-order valence-electron chi connectivity index (χ0n) is 11.6. The fourth-order valence-corrected chi connectivity index (χ4v) is 2.18. The van der Waals surface area contributed by atoms with Gasteiger partial charge in [0.15, 0.2) is 0 Å². The largest absolute Gasteiger partial charge is 0.346 e. The summed E-state index contributed by atoms with van der Waals surface area (Å²) < 4.78 is 0. The summed E-state index contributed by atoms with van der Waals surface area (Å²) in [5.74, 6) is -0.678. The molecule has 1 aliphatic rings. The van der Waals surface area contributed by atoms with Gasteiger partial charge in [-0.25, -0.2) is 0 Å². The van der Waals surface area contributed by atoms with Gasteiger partial charge in [-0.05, 0) is 25.0 Å². The summed E-state index contributed by atoms with van der Waals surface area (Å²) in [6.45, 7) is 1.31. The number of hydrogen-bond acceptors (Lipinski definition) is 4. The number of nitrogens with one attached hydrogen (secondary N) is 1. The minimum atomic E-state index is -0.477. The molecule has 2 amide bonds. The molecule has 1 aromatic heterocycles. The van der Waals surface area contributed by atoms with Gasteiger partial charge in [0.1, 0.15) is 6.29 Å². The van der Waals surface area contributed by atoms with Crippen LogP contribution in [0.5, 0.6) is 0 Å². The Hall–Kier alpha value is -2.50. The Bertz CT molecular complexity index is 549. The predicted molar refractivity (Wildman–Crippen MR) is 77.1 cm³/mol. The van der Waals surface area contributed by atoms with Crippen LogP contribution >= 0.6 is 0 Å². The van der Waals surface area contributed by atoms with Gasteiger partial charge < -0.3 is 15.0 Å². The van der Waals surface area contributed by atoms with Gasteiger partial charge in [-0.3, -0.25) is 14.6 Å². The van der Waals surface area contributed by atoms with Crippen molar-refractivity contribution in [2.75, 3.05) is 19.6 Å². The van der Waals surface area contributed by atoms with Crippen LogP contribution in [0.4, 0.5) is 0 Å². The molecule has 1 fully saturated rings. The van der Waals surface area contributed by atoms with Crippen LogP contribution in [0.1, 0.15) is 18.5 Å². The van der Waals surface area contributed by atoms with Crippen molar-refractivity contribution in [3.05, 3.63) is 36.2 Å². The van der Waals surface area contributed by atoms with E-state index in [4.69, 9.17) is 0 Å². The summed E-state index contributed by atoms with van der Waals surface area (Å²) in [6.07, 6.45) is 5.32. The molecule has 1 N–H and O–H groups in total. The fourth-order valence-electron chi connectivity index (χ4n) is 2.18. The number of hydrogen-bond donors (Lipinski definition) is 1. The van der Waals surface area contributed by atoms with Crippen LogP contribution in [0.2, 0.25) is 0 Å². The molecule has 21 heavy (non-hydrogen) atoms. The average Bonchev–Trinajstić information content (AvgIpc) is 3.05. The predicted octanol–water partition coefficient (Wildman–Crippen LogP) is 0.402. The van der Waals surface area contributed by atoms with Crippen molar-refractivity contribution in [1.29, 1.82) is 0 Å². The first-order valence-electron chi connectivity index (χ1n) is 6.86. The van der Waals surface area contributed by atoms with Gasteiger partial charge in [0, 0.05) is 25.4 Å². The van der Waals surface area contributed by atoms with Crippen LogP contribution in [-0.4, -0.2) is 47.6 Å². The maximum Gasteiger partial charge on any atom is 0.256 e. The second kappa shape index (κ2) is 7.33. The third kappa shape index (κ3) is 3.98. The first-order chi connectivity index (χ1) is 10.2. The van der Waals surface area contributed by atoms with Gasteiger partial charge in [0.25, 0.3) is 5.91 Å². The lowest BCUT2D eigenvalue weighted by Gasteiger charge is -2.17. The summed E-state index contributed by atoms with van der Waals surface area (Å²) >= 11 is 0. The van der Waals surface area contributed by atoms with Crippen molar-refractivity contribution in [2.24, 2.45) is 0 Å². The third-order valence-electron chi connectivity index (χ3n) is 3.20. The van der Waals surface area contributed by atoms with Crippen LogP contribution < -0.4 is 5.32 Å². The molecule has 1 saturated heterocycles. The lowest BCUT2D eigenvalue weighted by Crippen LogP contribution is -2.30. The van der Waals surface area contributed by atoms with E-state index in [2.05, 4.69) is 10.3 Å². The van der Waals surface area contributed by atoms with Gasteiger partial charge in [-0.15, -0.1) is 0 Å². The number of rotatable bonds is 5. The van der Waals surface area contributed by atoms with E-state index in [1.54, 1.807) is 29.3 Å². The highest BCUT2D eigenvalue weighted by Gasteiger charge is 2.23. The highest BCUT2D eigenvalue weighted by atomic mass is 16.2. The zero-order chi connectivity index (χ0) is 15.1. The molecule has 2 heterocycles. The van der Waals surface area contributed by atoms with Crippen LogP contribution in [0.15, 0.2) is 30.5 Å². The Kier molecular flexibility index (Phi) is 5.20. The highest BCUT2D eigenvalue weighted by Crippen LogP contribution is 2.18. The van der Waals surface area contributed by atoms with Gasteiger partial charge in [-0.2, -0.15) is 0 Å². The number of nitrogens with zero attached hydrogens (tertiary/aromatic N) is 2. The van der Waals surface area contributed by atoms with E-state index in [0.29, 0.717) is 25.1 Å². The maximum atomic E-state index is 12.5. The summed E-state index contributed by atoms with van der Waals surface area (Å²) in [7, 11) is 0. The van der Waals surface area contributed by atoms with Crippen LogP contribution in [0, 0.1) is 0 Å². The molecule has 0 spiro atoms. The Labute approximate surface area is 122 Å². The first-order valence-corrected chi connectivity index (χ1v) is 6.86. The first kappa shape index (κ1) is 14.9. The molecule has 1 aromatic rings. The van der Waals surface area contributed by atoms with Gasteiger partial charge in [0.2, 0.25) is 5.91 Å². The summed E-state index contributed by atoms with van der Waals surface area (Å²) in [5, 5.41) is 2.40. The van der Waals surface area contributed by atoms with Crippen LogP contribution in [0.25, 0.3) is 5.57 Å². The Morgan fingerprint density at radius 3 is 2.67 bits per heavy atom.